The third-order valence-corrected chi connectivity index (χ3v) is 4.29. The fourth-order valence-electron chi connectivity index (χ4n) is 2.74. The molecule has 0 aliphatic heterocycles. The van der Waals surface area contributed by atoms with E-state index in [0.29, 0.717) is 17.1 Å². The lowest BCUT2D eigenvalue weighted by atomic mass is 9.88. The Labute approximate surface area is 150 Å². The maximum atomic E-state index is 12.8. The van der Waals surface area contributed by atoms with Gasteiger partial charge in [0.25, 0.3) is 0 Å². The highest BCUT2D eigenvalue weighted by Gasteiger charge is 2.39. The number of benzene rings is 2. The van der Waals surface area contributed by atoms with Gasteiger partial charge in [-0.25, -0.2) is 0 Å². The van der Waals surface area contributed by atoms with Crippen molar-refractivity contribution in [2.24, 2.45) is 5.73 Å². The minimum absolute atomic E-state index is 0.129. The van der Waals surface area contributed by atoms with Crippen molar-refractivity contribution in [1.82, 2.24) is 0 Å². The average molecular weight is 369 g/mol. The van der Waals surface area contributed by atoms with Crippen LogP contribution in [0.3, 0.4) is 0 Å². The maximum absolute atomic E-state index is 12.8. The Morgan fingerprint density at radius 1 is 0.885 bits per heavy atom. The smallest absolute Gasteiger partial charge is 0.416 e. The van der Waals surface area contributed by atoms with Crippen LogP contribution in [-0.4, -0.2) is 26.9 Å². The highest BCUT2D eigenvalue weighted by atomic mass is 19.4. The summed E-state index contributed by atoms with van der Waals surface area (Å²) in [4.78, 5) is 0. The fourth-order valence-corrected chi connectivity index (χ4v) is 2.74. The molecule has 2 aromatic rings. The summed E-state index contributed by atoms with van der Waals surface area (Å²) >= 11 is 0. The Morgan fingerprint density at radius 2 is 1.38 bits per heavy atom. The molecule has 2 N–H and O–H groups in total. The highest BCUT2D eigenvalue weighted by Crippen LogP contribution is 2.35. The van der Waals surface area contributed by atoms with Gasteiger partial charge in [0.2, 0.25) is 0 Å². The number of halogens is 3. The molecular weight excluding hydrogens is 347 g/mol. The van der Waals surface area contributed by atoms with Crippen LogP contribution in [0.25, 0.3) is 0 Å². The minimum atomic E-state index is -4.40. The first-order chi connectivity index (χ1) is 12.2. The summed E-state index contributed by atoms with van der Waals surface area (Å²) in [6.07, 6.45) is -4.97. The van der Waals surface area contributed by atoms with Crippen molar-refractivity contribution in [3.8, 4) is 11.5 Å². The van der Waals surface area contributed by atoms with E-state index in [0.717, 1.165) is 12.1 Å². The molecule has 0 bridgehead atoms. The van der Waals surface area contributed by atoms with Gasteiger partial charge in [0.05, 0.1) is 12.7 Å². The van der Waals surface area contributed by atoms with E-state index < -0.39 is 23.4 Å². The van der Waals surface area contributed by atoms with Gasteiger partial charge in [0, 0.05) is 13.7 Å². The normalized spacial score (nSPS) is 15.2. The van der Waals surface area contributed by atoms with Gasteiger partial charge in [0.15, 0.2) is 5.60 Å². The molecule has 4 nitrogen and oxygen atoms in total. The topological polar surface area (TPSA) is 53.7 Å². The molecule has 26 heavy (non-hydrogen) atoms. The summed E-state index contributed by atoms with van der Waals surface area (Å²) in [5.74, 6) is 1.18. The lowest BCUT2D eigenvalue weighted by Gasteiger charge is -2.37. The number of ether oxygens (including phenoxy) is 3. The molecule has 7 heteroatoms. The van der Waals surface area contributed by atoms with Crippen molar-refractivity contribution in [2.45, 2.75) is 24.8 Å². The van der Waals surface area contributed by atoms with Crippen molar-refractivity contribution in [2.75, 3.05) is 20.8 Å². The second-order valence-corrected chi connectivity index (χ2v) is 5.92. The van der Waals surface area contributed by atoms with Crippen LogP contribution in [0.15, 0.2) is 48.5 Å². The van der Waals surface area contributed by atoms with Gasteiger partial charge in [-0.2, -0.15) is 13.2 Å². The molecule has 0 aliphatic rings. The molecule has 0 fully saturated rings. The van der Waals surface area contributed by atoms with Gasteiger partial charge in [-0.3, -0.25) is 0 Å². The Morgan fingerprint density at radius 3 is 1.81 bits per heavy atom. The van der Waals surface area contributed by atoms with E-state index in [1.807, 2.05) is 0 Å². The predicted molar refractivity (Wildman–Crippen MR) is 92.3 cm³/mol. The number of methoxy groups -OCH3 is 2. The van der Waals surface area contributed by atoms with Crippen LogP contribution in [0.1, 0.15) is 18.1 Å². The van der Waals surface area contributed by atoms with Crippen LogP contribution in [0, 0.1) is 0 Å². The SMILES string of the molecule is COc1ccc(OC(C)(c2ccc(C(F)(F)F)cc2)C(CN)OC)cc1. The molecule has 0 saturated carbocycles. The fraction of sp³-hybridized carbons (Fsp3) is 0.368. The molecule has 142 valence electrons. The molecule has 0 saturated heterocycles. The molecule has 2 aromatic carbocycles. The largest absolute Gasteiger partial charge is 0.497 e. The van der Waals surface area contributed by atoms with Crippen molar-refractivity contribution < 1.29 is 27.4 Å². The molecular formula is C19H22F3NO3. The highest BCUT2D eigenvalue weighted by molar-refractivity contribution is 5.35. The third-order valence-electron chi connectivity index (χ3n) is 4.29. The molecule has 0 aliphatic carbocycles. The Balaban J connectivity index is 2.40. The van der Waals surface area contributed by atoms with Crippen LogP contribution in [0.4, 0.5) is 13.2 Å². The molecule has 0 radical (unpaired) electrons. The van der Waals surface area contributed by atoms with Crippen molar-refractivity contribution in [3.05, 3.63) is 59.7 Å². The summed E-state index contributed by atoms with van der Waals surface area (Å²) in [6.45, 7) is 1.87. The lowest BCUT2D eigenvalue weighted by Crippen LogP contribution is -2.47. The van der Waals surface area contributed by atoms with Gasteiger partial charge < -0.3 is 19.9 Å². The minimum Gasteiger partial charge on any atom is -0.497 e. The second-order valence-electron chi connectivity index (χ2n) is 5.92. The summed E-state index contributed by atoms with van der Waals surface area (Å²) in [5.41, 5.74) is 4.52. The molecule has 0 spiro atoms. The molecule has 0 heterocycles. The first-order valence-electron chi connectivity index (χ1n) is 7.98. The Hall–Kier alpha value is -2.25. The quantitative estimate of drug-likeness (QED) is 0.802. The molecule has 2 unspecified atom stereocenters. The molecule has 2 atom stereocenters. The van der Waals surface area contributed by atoms with Gasteiger partial charge in [-0.1, -0.05) is 12.1 Å². The monoisotopic (exact) mass is 369 g/mol. The first kappa shape index (κ1) is 20.1. The van der Waals surface area contributed by atoms with Gasteiger partial charge in [-0.05, 0) is 48.9 Å². The van der Waals surface area contributed by atoms with Gasteiger partial charge >= 0.3 is 6.18 Å². The van der Waals surface area contributed by atoms with E-state index in [1.54, 1.807) is 38.3 Å². The van der Waals surface area contributed by atoms with Gasteiger partial charge in [-0.15, -0.1) is 0 Å². The van der Waals surface area contributed by atoms with Crippen LogP contribution in [0.5, 0.6) is 11.5 Å². The number of nitrogens with two attached hydrogens (primary N) is 1. The molecule has 2 rings (SSSR count). The van der Waals surface area contributed by atoms with E-state index in [1.165, 1.54) is 19.2 Å². The van der Waals surface area contributed by atoms with Crippen LogP contribution >= 0.6 is 0 Å². The van der Waals surface area contributed by atoms with E-state index in [-0.39, 0.29) is 6.54 Å². The maximum Gasteiger partial charge on any atom is 0.416 e. The third kappa shape index (κ3) is 4.28. The number of rotatable bonds is 7. The standard InChI is InChI=1S/C19H22F3NO3/c1-18(17(12-23)25-3,26-16-10-8-15(24-2)9-11-16)13-4-6-14(7-5-13)19(20,21)22/h4-11,17H,12,23H2,1-3H3. The predicted octanol–water partition coefficient (Wildman–Crippen LogP) is 3.98. The summed E-state index contributed by atoms with van der Waals surface area (Å²) in [7, 11) is 3.04. The van der Waals surface area contributed by atoms with Gasteiger partial charge in [0.1, 0.15) is 17.6 Å². The van der Waals surface area contributed by atoms with Crippen LogP contribution < -0.4 is 15.2 Å². The first-order valence-corrected chi connectivity index (χ1v) is 7.98. The second kappa shape index (κ2) is 7.97. The molecule has 0 aromatic heterocycles. The van der Waals surface area contributed by atoms with E-state index in [4.69, 9.17) is 19.9 Å². The molecule has 0 amide bonds. The summed E-state index contributed by atoms with van der Waals surface area (Å²) in [5, 5.41) is 0. The number of hydrogen-bond donors (Lipinski definition) is 1. The van der Waals surface area contributed by atoms with Crippen molar-refractivity contribution in [3.63, 3.8) is 0 Å². The van der Waals surface area contributed by atoms with Crippen molar-refractivity contribution >= 4 is 0 Å². The van der Waals surface area contributed by atoms with Crippen LogP contribution in [0.2, 0.25) is 0 Å². The Bertz CT molecular complexity index is 697. The average Bonchev–Trinajstić information content (AvgIpc) is 2.62. The summed E-state index contributed by atoms with van der Waals surface area (Å²) < 4.78 is 55.2. The Kier molecular flexibility index (Phi) is 6.15. The van der Waals surface area contributed by atoms with E-state index >= 15 is 0 Å². The lowest BCUT2D eigenvalue weighted by molar-refractivity contribution is -0.137. The number of hydrogen-bond acceptors (Lipinski definition) is 4. The summed E-state index contributed by atoms with van der Waals surface area (Å²) in [6, 6.07) is 11.7. The zero-order chi connectivity index (χ0) is 19.4. The van der Waals surface area contributed by atoms with E-state index in [9.17, 15) is 13.2 Å². The zero-order valence-electron chi connectivity index (χ0n) is 14.8. The van der Waals surface area contributed by atoms with Crippen LogP contribution in [-0.2, 0) is 16.5 Å². The number of alkyl halides is 3. The van der Waals surface area contributed by atoms with E-state index in [2.05, 4.69) is 0 Å². The zero-order valence-corrected chi connectivity index (χ0v) is 14.8. The van der Waals surface area contributed by atoms with Crippen molar-refractivity contribution in [1.29, 1.82) is 0 Å².